The van der Waals surface area contributed by atoms with Crippen LogP contribution in [-0.4, -0.2) is 45.9 Å². The van der Waals surface area contributed by atoms with Crippen LogP contribution in [-0.2, 0) is 0 Å². The number of piperidine rings is 1. The molecule has 1 aliphatic heterocycles. The SMILES string of the molecule is Cc1ccc2c(C3CNCC(CNC(=O)O)C3)nc(-c3ccccc3O)nc2c1. The second-order valence-electron chi connectivity index (χ2n) is 7.61. The largest absolute Gasteiger partial charge is 0.507 e. The Hall–Kier alpha value is -3.19. The lowest BCUT2D eigenvalue weighted by atomic mass is 9.86. The molecule has 1 aliphatic rings. The van der Waals surface area contributed by atoms with Crippen LogP contribution in [0.15, 0.2) is 42.5 Å². The van der Waals surface area contributed by atoms with E-state index in [1.165, 1.54) is 0 Å². The third kappa shape index (κ3) is 4.14. The van der Waals surface area contributed by atoms with Crippen LogP contribution in [0.2, 0.25) is 0 Å². The van der Waals surface area contributed by atoms with E-state index in [2.05, 4.69) is 16.7 Å². The number of aromatic nitrogens is 2. The molecule has 2 aromatic carbocycles. The van der Waals surface area contributed by atoms with Gasteiger partial charge in [-0.05, 0) is 49.6 Å². The van der Waals surface area contributed by atoms with Crippen molar-refractivity contribution in [1.29, 1.82) is 0 Å². The van der Waals surface area contributed by atoms with Gasteiger partial charge in [0.2, 0.25) is 0 Å². The zero-order chi connectivity index (χ0) is 20.4. The third-order valence-electron chi connectivity index (χ3n) is 5.40. The van der Waals surface area contributed by atoms with Gasteiger partial charge in [-0.1, -0.05) is 24.3 Å². The maximum Gasteiger partial charge on any atom is 0.404 e. The van der Waals surface area contributed by atoms with Crippen LogP contribution >= 0.6 is 0 Å². The number of aryl methyl sites for hydroxylation is 1. The average molecular weight is 392 g/mol. The van der Waals surface area contributed by atoms with E-state index >= 15 is 0 Å². The summed E-state index contributed by atoms with van der Waals surface area (Å²) in [6, 6.07) is 13.2. The Kier molecular flexibility index (Phi) is 5.31. The van der Waals surface area contributed by atoms with Crippen molar-refractivity contribution in [3.8, 4) is 17.1 Å². The molecule has 1 aromatic heterocycles. The highest BCUT2D eigenvalue weighted by Gasteiger charge is 2.27. The van der Waals surface area contributed by atoms with E-state index in [0.717, 1.165) is 41.7 Å². The van der Waals surface area contributed by atoms with Gasteiger partial charge in [0.25, 0.3) is 0 Å². The van der Waals surface area contributed by atoms with Crippen molar-refractivity contribution in [2.45, 2.75) is 19.3 Å². The summed E-state index contributed by atoms with van der Waals surface area (Å²) in [6.45, 7) is 3.97. The molecule has 2 unspecified atom stereocenters. The van der Waals surface area contributed by atoms with Gasteiger partial charge in [0.05, 0.1) is 16.8 Å². The first kappa shape index (κ1) is 19.1. The van der Waals surface area contributed by atoms with Crippen molar-refractivity contribution in [3.63, 3.8) is 0 Å². The monoisotopic (exact) mass is 392 g/mol. The molecule has 7 heteroatoms. The van der Waals surface area contributed by atoms with Gasteiger partial charge in [-0.15, -0.1) is 0 Å². The number of para-hydroxylation sites is 1. The van der Waals surface area contributed by atoms with Gasteiger partial charge < -0.3 is 20.8 Å². The Labute approximate surface area is 168 Å². The number of aromatic hydroxyl groups is 1. The van der Waals surface area contributed by atoms with Gasteiger partial charge in [0, 0.05) is 24.4 Å². The van der Waals surface area contributed by atoms with Crippen LogP contribution in [0.3, 0.4) is 0 Å². The van der Waals surface area contributed by atoms with E-state index < -0.39 is 6.09 Å². The summed E-state index contributed by atoms with van der Waals surface area (Å²) in [4.78, 5) is 20.4. The fourth-order valence-electron chi connectivity index (χ4n) is 3.98. The summed E-state index contributed by atoms with van der Waals surface area (Å²) in [5, 5.41) is 26.1. The first-order valence-corrected chi connectivity index (χ1v) is 9.75. The molecular formula is C22H24N4O3. The number of phenolic OH excluding ortho intramolecular Hbond substituents is 1. The summed E-state index contributed by atoms with van der Waals surface area (Å²) < 4.78 is 0. The quantitative estimate of drug-likeness (QED) is 0.543. The fraction of sp³-hybridized carbons (Fsp3) is 0.318. The molecular weight excluding hydrogens is 368 g/mol. The number of carboxylic acid groups (broad SMARTS) is 1. The summed E-state index contributed by atoms with van der Waals surface area (Å²) in [6.07, 6.45) is -0.176. The molecule has 1 saturated heterocycles. The number of rotatable bonds is 4. The predicted molar refractivity (Wildman–Crippen MR) is 111 cm³/mol. The van der Waals surface area contributed by atoms with Crippen LogP contribution < -0.4 is 10.6 Å². The van der Waals surface area contributed by atoms with Crippen LogP contribution in [0.25, 0.3) is 22.3 Å². The smallest absolute Gasteiger partial charge is 0.404 e. The fourth-order valence-corrected chi connectivity index (χ4v) is 3.98. The molecule has 29 heavy (non-hydrogen) atoms. The minimum Gasteiger partial charge on any atom is -0.507 e. The normalized spacial score (nSPS) is 19.2. The summed E-state index contributed by atoms with van der Waals surface area (Å²) in [5.41, 5.74) is 3.49. The Morgan fingerprint density at radius 1 is 1.21 bits per heavy atom. The molecule has 1 amide bonds. The van der Waals surface area contributed by atoms with Crippen LogP contribution in [0, 0.1) is 12.8 Å². The minimum absolute atomic E-state index is 0.127. The van der Waals surface area contributed by atoms with Crippen LogP contribution in [0.1, 0.15) is 23.6 Å². The van der Waals surface area contributed by atoms with E-state index in [-0.39, 0.29) is 17.6 Å². The Morgan fingerprint density at radius 3 is 2.83 bits per heavy atom. The first-order valence-electron chi connectivity index (χ1n) is 9.75. The predicted octanol–water partition coefficient (Wildman–Crippen LogP) is 3.27. The van der Waals surface area contributed by atoms with E-state index in [4.69, 9.17) is 15.1 Å². The molecule has 0 bridgehead atoms. The summed E-state index contributed by atoms with van der Waals surface area (Å²) in [5.74, 6) is 0.966. The molecule has 2 atom stereocenters. The molecule has 4 N–H and O–H groups in total. The number of amides is 1. The molecule has 0 saturated carbocycles. The number of hydrogen-bond acceptors (Lipinski definition) is 5. The van der Waals surface area contributed by atoms with Crippen molar-refractivity contribution in [3.05, 3.63) is 53.7 Å². The van der Waals surface area contributed by atoms with Gasteiger partial charge in [0.1, 0.15) is 5.75 Å². The first-order chi connectivity index (χ1) is 14.0. The molecule has 0 radical (unpaired) electrons. The molecule has 4 rings (SSSR count). The van der Waals surface area contributed by atoms with Gasteiger partial charge in [-0.3, -0.25) is 0 Å². The standard InChI is InChI=1S/C22H24N4O3/c1-13-6-7-16-18(8-13)25-21(17-4-2-3-5-19(17)27)26-20(16)15-9-14(10-23-12-15)11-24-22(28)29/h2-8,14-15,23-24,27H,9-12H2,1H3,(H,28,29). The van der Waals surface area contributed by atoms with Gasteiger partial charge in [-0.2, -0.15) is 0 Å². The lowest BCUT2D eigenvalue weighted by Crippen LogP contribution is -2.41. The zero-order valence-electron chi connectivity index (χ0n) is 16.2. The maximum absolute atomic E-state index is 10.9. The third-order valence-corrected chi connectivity index (χ3v) is 5.40. The topological polar surface area (TPSA) is 107 Å². The molecule has 150 valence electrons. The number of fused-ring (bicyclic) bond motifs is 1. The average Bonchev–Trinajstić information content (AvgIpc) is 2.72. The van der Waals surface area contributed by atoms with Crippen molar-refractivity contribution in [1.82, 2.24) is 20.6 Å². The molecule has 1 fully saturated rings. The van der Waals surface area contributed by atoms with E-state index in [1.54, 1.807) is 12.1 Å². The molecule has 7 nitrogen and oxygen atoms in total. The highest BCUT2D eigenvalue weighted by Crippen LogP contribution is 2.34. The highest BCUT2D eigenvalue weighted by atomic mass is 16.4. The van der Waals surface area contributed by atoms with Crippen molar-refractivity contribution >= 4 is 17.0 Å². The molecule has 0 aliphatic carbocycles. The Bertz CT molecular complexity index is 1050. The number of nitrogens with zero attached hydrogens (tertiary/aromatic N) is 2. The van der Waals surface area contributed by atoms with E-state index in [0.29, 0.717) is 17.9 Å². The van der Waals surface area contributed by atoms with Crippen LogP contribution in [0.4, 0.5) is 4.79 Å². The number of phenols is 1. The van der Waals surface area contributed by atoms with Gasteiger partial charge >= 0.3 is 6.09 Å². The summed E-state index contributed by atoms with van der Waals surface area (Å²) in [7, 11) is 0. The Balaban J connectivity index is 1.76. The number of carbonyl (C=O) groups is 1. The van der Waals surface area contributed by atoms with Gasteiger partial charge in [0.15, 0.2) is 5.82 Å². The Morgan fingerprint density at radius 2 is 2.03 bits per heavy atom. The van der Waals surface area contributed by atoms with E-state index in [1.807, 2.05) is 31.2 Å². The molecule has 2 heterocycles. The maximum atomic E-state index is 10.9. The van der Waals surface area contributed by atoms with Crippen molar-refractivity contribution < 1.29 is 15.0 Å². The zero-order valence-corrected chi connectivity index (χ0v) is 16.2. The van der Waals surface area contributed by atoms with Crippen LogP contribution in [0.5, 0.6) is 5.75 Å². The molecule has 3 aromatic rings. The number of nitrogens with one attached hydrogen (secondary N) is 2. The lowest BCUT2D eigenvalue weighted by molar-refractivity contribution is 0.190. The van der Waals surface area contributed by atoms with Gasteiger partial charge in [-0.25, -0.2) is 14.8 Å². The summed E-state index contributed by atoms with van der Waals surface area (Å²) >= 11 is 0. The minimum atomic E-state index is -1.00. The second kappa shape index (κ2) is 8.05. The highest BCUT2D eigenvalue weighted by molar-refractivity contribution is 5.84. The second-order valence-corrected chi connectivity index (χ2v) is 7.61. The number of benzene rings is 2. The molecule has 0 spiro atoms. The van der Waals surface area contributed by atoms with Crippen molar-refractivity contribution in [2.24, 2.45) is 5.92 Å². The lowest BCUT2D eigenvalue weighted by Gasteiger charge is -2.30. The number of hydrogen-bond donors (Lipinski definition) is 4. The van der Waals surface area contributed by atoms with E-state index in [9.17, 15) is 9.90 Å². The van der Waals surface area contributed by atoms with Crippen molar-refractivity contribution in [2.75, 3.05) is 19.6 Å².